The molecule has 4 heteroatoms. The highest BCUT2D eigenvalue weighted by molar-refractivity contribution is 5.66. The lowest BCUT2D eigenvalue weighted by atomic mass is 9.98. The number of carboxylic acids is 1. The molecule has 15 heavy (non-hydrogen) atoms. The molecule has 0 aromatic heterocycles. The SMILES string of the molecule is O=C(O)CCC1CCCCN1CCCO. The molecule has 4 nitrogen and oxygen atoms in total. The fourth-order valence-corrected chi connectivity index (χ4v) is 2.25. The fourth-order valence-electron chi connectivity index (χ4n) is 2.25. The first-order chi connectivity index (χ1) is 7.24. The Morgan fingerprint density at radius 2 is 2.20 bits per heavy atom. The second kappa shape index (κ2) is 6.80. The quantitative estimate of drug-likeness (QED) is 0.696. The lowest BCUT2D eigenvalue weighted by Crippen LogP contribution is -2.40. The van der Waals surface area contributed by atoms with Crippen molar-refractivity contribution >= 4 is 5.97 Å². The minimum Gasteiger partial charge on any atom is -0.481 e. The molecular weight excluding hydrogens is 194 g/mol. The van der Waals surface area contributed by atoms with Crippen molar-refractivity contribution in [2.75, 3.05) is 19.7 Å². The van der Waals surface area contributed by atoms with Crippen molar-refractivity contribution < 1.29 is 15.0 Å². The molecule has 0 spiro atoms. The second-order valence-electron chi connectivity index (χ2n) is 4.20. The Kier molecular flexibility index (Phi) is 5.65. The molecule has 2 N–H and O–H groups in total. The van der Waals surface area contributed by atoms with Crippen LogP contribution in [0.2, 0.25) is 0 Å². The number of aliphatic hydroxyl groups is 1. The number of aliphatic hydroxyl groups excluding tert-OH is 1. The molecule has 1 aliphatic rings. The van der Waals surface area contributed by atoms with Gasteiger partial charge in [0.05, 0.1) is 0 Å². The number of hydrogen-bond acceptors (Lipinski definition) is 3. The van der Waals surface area contributed by atoms with Crippen LogP contribution in [0, 0.1) is 0 Å². The van der Waals surface area contributed by atoms with E-state index in [1.807, 2.05) is 0 Å². The monoisotopic (exact) mass is 215 g/mol. The van der Waals surface area contributed by atoms with E-state index in [1.54, 1.807) is 0 Å². The van der Waals surface area contributed by atoms with Gasteiger partial charge in [0.2, 0.25) is 0 Å². The minimum atomic E-state index is -0.706. The predicted octanol–water partition coefficient (Wildman–Crippen LogP) is 1.09. The lowest BCUT2D eigenvalue weighted by molar-refractivity contribution is -0.137. The molecule has 88 valence electrons. The maximum Gasteiger partial charge on any atom is 0.303 e. The van der Waals surface area contributed by atoms with E-state index in [1.165, 1.54) is 12.8 Å². The zero-order chi connectivity index (χ0) is 11.1. The molecule has 0 aromatic carbocycles. The summed E-state index contributed by atoms with van der Waals surface area (Å²) in [5, 5.41) is 17.4. The third-order valence-corrected chi connectivity index (χ3v) is 3.04. The van der Waals surface area contributed by atoms with E-state index in [2.05, 4.69) is 4.90 Å². The lowest BCUT2D eigenvalue weighted by Gasteiger charge is -2.35. The molecule has 0 saturated carbocycles. The molecule has 1 rings (SSSR count). The Morgan fingerprint density at radius 1 is 1.40 bits per heavy atom. The largest absolute Gasteiger partial charge is 0.481 e. The number of rotatable bonds is 6. The van der Waals surface area contributed by atoms with Gasteiger partial charge in [-0.05, 0) is 32.2 Å². The molecular formula is C11H21NO3. The predicted molar refractivity (Wildman–Crippen MR) is 57.8 cm³/mol. The van der Waals surface area contributed by atoms with Crippen LogP contribution in [-0.4, -0.2) is 46.8 Å². The highest BCUT2D eigenvalue weighted by Crippen LogP contribution is 2.20. The molecule has 1 aliphatic heterocycles. The number of likely N-dealkylation sites (tertiary alicyclic amines) is 1. The minimum absolute atomic E-state index is 0.224. The summed E-state index contributed by atoms with van der Waals surface area (Å²) < 4.78 is 0. The summed E-state index contributed by atoms with van der Waals surface area (Å²) in [5.41, 5.74) is 0. The molecule has 0 aromatic rings. The molecule has 0 bridgehead atoms. The van der Waals surface area contributed by atoms with E-state index in [0.29, 0.717) is 6.04 Å². The number of carbonyl (C=O) groups is 1. The van der Waals surface area contributed by atoms with Crippen LogP contribution in [0.3, 0.4) is 0 Å². The van der Waals surface area contributed by atoms with Crippen molar-refractivity contribution in [1.29, 1.82) is 0 Å². The average Bonchev–Trinajstić information content (AvgIpc) is 2.24. The van der Waals surface area contributed by atoms with E-state index in [-0.39, 0.29) is 13.0 Å². The molecule has 1 unspecified atom stereocenters. The van der Waals surface area contributed by atoms with Gasteiger partial charge < -0.3 is 15.1 Å². The number of nitrogens with zero attached hydrogens (tertiary/aromatic N) is 1. The van der Waals surface area contributed by atoms with Gasteiger partial charge in [0.25, 0.3) is 0 Å². The zero-order valence-corrected chi connectivity index (χ0v) is 9.19. The number of carboxylic acid groups (broad SMARTS) is 1. The first-order valence-corrected chi connectivity index (χ1v) is 5.80. The van der Waals surface area contributed by atoms with Crippen molar-refractivity contribution in [1.82, 2.24) is 4.90 Å². The van der Waals surface area contributed by atoms with Crippen molar-refractivity contribution in [3.05, 3.63) is 0 Å². The number of aliphatic carboxylic acids is 1. The summed E-state index contributed by atoms with van der Waals surface area (Å²) >= 11 is 0. The van der Waals surface area contributed by atoms with E-state index in [9.17, 15) is 4.79 Å². The van der Waals surface area contributed by atoms with Crippen LogP contribution in [0.25, 0.3) is 0 Å². The van der Waals surface area contributed by atoms with Crippen molar-refractivity contribution in [3.8, 4) is 0 Å². The summed E-state index contributed by atoms with van der Waals surface area (Å²) in [5.74, 6) is -0.706. The Hall–Kier alpha value is -0.610. The smallest absolute Gasteiger partial charge is 0.303 e. The van der Waals surface area contributed by atoms with Gasteiger partial charge in [0, 0.05) is 25.6 Å². The van der Waals surface area contributed by atoms with Crippen LogP contribution in [0.4, 0.5) is 0 Å². The summed E-state index contributed by atoms with van der Waals surface area (Å²) in [6.07, 6.45) is 5.33. The van der Waals surface area contributed by atoms with Gasteiger partial charge in [-0.3, -0.25) is 4.79 Å². The summed E-state index contributed by atoms with van der Waals surface area (Å²) in [6.45, 7) is 2.19. The number of piperidine rings is 1. The van der Waals surface area contributed by atoms with Crippen molar-refractivity contribution in [2.45, 2.75) is 44.6 Å². The van der Waals surface area contributed by atoms with Gasteiger partial charge in [0.15, 0.2) is 0 Å². The maximum absolute atomic E-state index is 10.5. The van der Waals surface area contributed by atoms with Crippen LogP contribution in [0.15, 0.2) is 0 Å². The van der Waals surface area contributed by atoms with Crippen LogP contribution < -0.4 is 0 Å². The van der Waals surface area contributed by atoms with Gasteiger partial charge in [0.1, 0.15) is 0 Å². The fraction of sp³-hybridized carbons (Fsp3) is 0.909. The third kappa shape index (κ3) is 4.62. The van der Waals surface area contributed by atoms with Crippen LogP contribution in [0.5, 0.6) is 0 Å². The van der Waals surface area contributed by atoms with Gasteiger partial charge in [-0.1, -0.05) is 6.42 Å². The molecule has 0 aliphatic carbocycles. The molecule has 1 fully saturated rings. The van der Waals surface area contributed by atoms with Gasteiger partial charge in [-0.15, -0.1) is 0 Å². The molecule has 1 heterocycles. The molecule has 1 saturated heterocycles. The molecule has 0 amide bonds. The van der Waals surface area contributed by atoms with Crippen LogP contribution in [-0.2, 0) is 4.79 Å². The van der Waals surface area contributed by atoms with Crippen LogP contribution in [0.1, 0.15) is 38.5 Å². The first kappa shape index (κ1) is 12.5. The van der Waals surface area contributed by atoms with Crippen molar-refractivity contribution in [3.63, 3.8) is 0 Å². The van der Waals surface area contributed by atoms with E-state index < -0.39 is 5.97 Å². The Labute approximate surface area is 90.9 Å². The summed E-state index contributed by atoms with van der Waals surface area (Å²) in [4.78, 5) is 12.8. The summed E-state index contributed by atoms with van der Waals surface area (Å²) in [6, 6.07) is 0.418. The van der Waals surface area contributed by atoms with Crippen molar-refractivity contribution in [2.24, 2.45) is 0 Å². The Bertz CT molecular complexity index is 196. The zero-order valence-electron chi connectivity index (χ0n) is 9.19. The second-order valence-corrected chi connectivity index (χ2v) is 4.20. The molecule has 0 radical (unpaired) electrons. The normalized spacial score (nSPS) is 22.9. The van der Waals surface area contributed by atoms with E-state index >= 15 is 0 Å². The topological polar surface area (TPSA) is 60.8 Å². The maximum atomic E-state index is 10.5. The summed E-state index contributed by atoms with van der Waals surface area (Å²) in [7, 11) is 0. The van der Waals surface area contributed by atoms with Gasteiger partial charge in [-0.25, -0.2) is 0 Å². The number of hydrogen-bond donors (Lipinski definition) is 2. The highest BCUT2D eigenvalue weighted by atomic mass is 16.4. The van der Waals surface area contributed by atoms with Gasteiger partial charge >= 0.3 is 5.97 Å². The van der Waals surface area contributed by atoms with Crippen LogP contribution >= 0.6 is 0 Å². The third-order valence-electron chi connectivity index (χ3n) is 3.04. The Morgan fingerprint density at radius 3 is 2.87 bits per heavy atom. The average molecular weight is 215 g/mol. The van der Waals surface area contributed by atoms with Gasteiger partial charge in [-0.2, -0.15) is 0 Å². The Balaban J connectivity index is 2.32. The first-order valence-electron chi connectivity index (χ1n) is 5.80. The van der Waals surface area contributed by atoms with E-state index in [0.717, 1.165) is 32.4 Å². The molecule has 1 atom stereocenters. The highest BCUT2D eigenvalue weighted by Gasteiger charge is 2.22. The van der Waals surface area contributed by atoms with E-state index in [4.69, 9.17) is 10.2 Å². The standard InChI is InChI=1S/C11H21NO3/c13-9-3-8-12-7-2-1-4-10(12)5-6-11(14)15/h10,13H,1-9H2,(H,14,15).